The number of aliphatic imine (C=N–C) groups is 1. The minimum absolute atomic E-state index is 0. The maximum absolute atomic E-state index is 11.7. The summed E-state index contributed by atoms with van der Waals surface area (Å²) < 4.78 is 39.4. The summed E-state index contributed by atoms with van der Waals surface area (Å²) in [4.78, 5) is 25.1. The smallest absolute Gasteiger partial charge is 0.445 e. The molecule has 0 unspecified atom stereocenters. The standard InChI is InChI=1S/C19H31NO5Si.C10H21NO4Si.C9H10O.H2/c1-4-23-26(24-5-2,25-6-3)17-11-15-20-19(21)22-16-10-14-18-12-8-7-9-13-18;1-4-13-16(14-5-2,15-6-3)9-7-8-11-10-12;10-8-4-7-9-5-2-1-3-6-9;/h7-10,12-14H,4-6,11,15-17H2,1-3H3,(H,20,21);4-9H2,1-3H3;1-7,10H,8H2;1H/b14-10+;;7-4+;. The van der Waals surface area contributed by atoms with Gasteiger partial charge >= 0.3 is 23.7 Å². The number of rotatable bonds is 25. The quantitative estimate of drug-likeness (QED) is 0.0450. The summed E-state index contributed by atoms with van der Waals surface area (Å²) in [5.74, 6) is 0. The van der Waals surface area contributed by atoms with E-state index in [4.69, 9.17) is 36.4 Å². The molecule has 0 fully saturated rings. The molecule has 0 aliphatic carbocycles. The highest BCUT2D eigenvalue weighted by atomic mass is 28.4. The molecule has 2 N–H and O–H groups in total. The molecule has 1 amide bonds. The Morgan fingerprint density at radius 1 is 0.712 bits per heavy atom. The van der Waals surface area contributed by atoms with Gasteiger partial charge in [-0.15, -0.1) is 0 Å². The zero-order chi connectivity index (χ0) is 38.6. The SMILES string of the molecule is CCO[Si](CCCN=C=O)(OCC)OCC.CCO[Si](CCCNC(=O)OC/C=C/c1ccccc1)(OCC)OCC.OC/C=C/c1ccccc1.[HH]. The third-order valence-corrected chi connectivity index (χ3v) is 12.9. The number of carbonyl (C=O) groups is 1. The molecule has 2 rings (SSSR count). The maximum Gasteiger partial charge on any atom is 0.500 e. The fraction of sp³-hybridized carbons (Fsp3) is 0.526. The van der Waals surface area contributed by atoms with Crippen LogP contribution >= 0.6 is 0 Å². The molecule has 12 nitrogen and oxygen atoms in total. The van der Waals surface area contributed by atoms with Crippen LogP contribution in [0.3, 0.4) is 0 Å². The van der Waals surface area contributed by atoms with E-state index in [1.165, 1.54) is 6.08 Å². The predicted octanol–water partition coefficient (Wildman–Crippen LogP) is 7.56. The monoisotopic (exact) mass is 764 g/mol. The van der Waals surface area contributed by atoms with E-state index >= 15 is 0 Å². The lowest BCUT2D eigenvalue weighted by atomic mass is 10.2. The van der Waals surface area contributed by atoms with Crippen molar-refractivity contribution in [3.05, 3.63) is 83.9 Å². The molecule has 14 heteroatoms. The van der Waals surface area contributed by atoms with Crippen molar-refractivity contribution in [1.82, 2.24) is 5.32 Å². The van der Waals surface area contributed by atoms with Gasteiger partial charge in [-0.1, -0.05) is 78.9 Å². The molecule has 2 aromatic carbocycles. The molecule has 0 atom stereocenters. The Morgan fingerprint density at radius 2 is 1.13 bits per heavy atom. The van der Waals surface area contributed by atoms with E-state index < -0.39 is 23.7 Å². The molecule has 0 spiro atoms. The summed E-state index contributed by atoms with van der Waals surface area (Å²) >= 11 is 0. The van der Waals surface area contributed by atoms with Gasteiger partial charge in [-0.2, -0.15) is 0 Å². The van der Waals surface area contributed by atoms with Gasteiger partial charge in [0.05, 0.1) is 13.2 Å². The van der Waals surface area contributed by atoms with Gasteiger partial charge in [0.15, 0.2) is 0 Å². The van der Waals surface area contributed by atoms with Gasteiger partial charge < -0.3 is 41.7 Å². The fourth-order valence-electron chi connectivity index (χ4n) is 4.59. The van der Waals surface area contributed by atoms with E-state index in [9.17, 15) is 9.59 Å². The van der Waals surface area contributed by atoms with Crippen LogP contribution in [0.15, 0.2) is 77.8 Å². The van der Waals surface area contributed by atoms with Crippen LogP contribution in [0.1, 0.15) is 66.9 Å². The average molecular weight is 765 g/mol. The number of hydrogen-bond donors (Lipinski definition) is 2. The third kappa shape index (κ3) is 24.8. The molecule has 294 valence electrons. The molecule has 2 aromatic rings. The van der Waals surface area contributed by atoms with E-state index in [0.717, 1.165) is 17.5 Å². The largest absolute Gasteiger partial charge is 0.500 e. The second-order valence-corrected chi connectivity index (χ2v) is 15.9. The number of carbonyl (C=O) groups excluding carboxylic acids is 2. The Balaban J connectivity index is 0. The van der Waals surface area contributed by atoms with Gasteiger partial charge in [-0.05, 0) is 71.6 Å². The first-order valence-corrected chi connectivity index (χ1v) is 22.0. The number of nitrogens with one attached hydrogen (secondary N) is 1. The Morgan fingerprint density at radius 3 is 1.54 bits per heavy atom. The minimum Gasteiger partial charge on any atom is -0.445 e. The number of isocyanates is 1. The highest BCUT2D eigenvalue weighted by Crippen LogP contribution is 2.19. The van der Waals surface area contributed by atoms with Gasteiger partial charge in [0.2, 0.25) is 6.08 Å². The molecular weight excluding hydrogens is 701 g/mol. The van der Waals surface area contributed by atoms with Crippen LogP contribution in [-0.2, 0) is 36.1 Å². The summed E-state index contributed by atoms with van der Waals surface area (Å²) in [7, 11) is -5.17. The van der Waals surface area contributed by atoms with Gasteiger partial charge in [-0.3, -0.25) is 0 Å². The number of amides is 1. The van der Waals surface area contributed by atoms with E-state index in [-0.39, 0.29) is 14.6 Å². The molecule has 0 radical (unpaired) electrons. The molecule has 0 aliphatic rings. The Labute approximate surface area is 315 Å². The first kappa shape index (κ1) is 48.7. The van der Waals surface area contributed by atoms with Crippen LogP contribution in [-0.4, -0.2) is 101 Å². The van der Waals surface area contributed by atoms with E-state index in [0.29, 0.717) is 71.2 Å². The van der Waals surface area contributed by atoms with Crippen LogP contribution in [0.4, 0.5) is 4.79 Å². The summed E-state index contributed by atoms with van der Waals surface area (Å²) in [6.07, 6.45) is 9.85. The zero-order valence-electron chi connectivity index (χ0n) is 32.1. The highest BCUT2D eigenvalue weighted by molar-refractivity contribution is 6.61. The van der Waals surface area contributed by atoms with Crippen LogP contribution in [0.25, 0.3) is 12.2 Å². The topological polar surface area (TPSA) is 143 Å². The van der Waals surface area contributed by atoms with Crippen molar-refractivity contribution in [2.24, 2.45) is 4.99 Å². The first-order valence-electron chi connectivity index (χ1n) is 18.1. The Hall–Kier alpha value is -3.28. The number of alkyl carbamates (subject to hydrolysis) is 1. The fourth-order valence-corrected chi connectivity index (χ4v) is 9.80. The van der Waals surface area contributed by atoms with Crippen LogP contribution < -0.4 is 5.32 Å². The molecule has 0 aliphatic heterocycles. The van der Waals surface area contributed by atoms with Crippen molar-refractivity contribution in [2.75, 3.05) is 65.9 Å². The number of aliphatic hydroxyl groups is 1. The van der Waals surface area contributed by atoms with E-state index in [1.807, 2.05) is 120 Å². The number of hydrogen-bond acceptors (Lipinski definition) is 11. The highest BCUT2D eigenvalue weighted by Gasteiger charge is 2.40. The number of nitrogens with zero attached hydrogens (tertiary/aromatic N) is 1. The average Bonchev–Trinajstić information content (AvgIpc) is 3.15. The van der Waals surface area contributed by atoms with Crippen molar-refractivity contribution in [3.63, 3.8) is 0 Å². The minimum atomic E-state index is -2.64. The number of ether oxygens (including phenoxy) is 1. The van der Waals surface area contributed by atoms with E-state index in [2.05, 4.69) is 10.3 Å². The lowest BCUT2D eigenvalue weighted by molar-refractivity contribution is 0.0700. The molecule has 0 saturated carbocycles. The van der Waals surface area contributed by atoms with Crippen molar-refractivity contribution in [2.45, 2.75) is 66.5 Å². The second-order valence-electron chi connectivity index (χ2n) is 10.5. The van der Waals surface area contributed by atoms with Crippen molar-refractivity contribution in [1.29, 1.82) is 0 Å². The molecule has 0 saturated heterocycles. The zero-order valence-corrected chi connectivity index (χ0v) is 34.1. The second kappa shape index (κ2) is 33.6. The van der Waals surface area contributed by atoms with Crippen LogP contribution in [0.2, 0.25) is 12.1 Å². The lowest BCUT2D eigenvalue weighted by Gasteiger charge is -2.28. The molecule has 0 aromatic heterocycles. The third-order valence-electron chi connectivity index (χ3n) is 6.57. The van der Waals surface area contributed by atoms with Gasteiger partial charge in [-0.25, -0.2) is 14.6 Å². The van der Waals surface area contributed by atoms with Gasteiger partial charge in [0, 0.05) is 59.7 Å². The van der Waals surface area contributed by atoms with Crippen LogP contribution in [0.5, 0.6) is 0 Å². The normalized spacial score (nSPS) is 11.3. The summed E-state index contributed by atoms with van der Waals surface area (Å²) in [5, 5.41) is 11.2. The Kier molecular flexibility index (Phi) is 31.4. The molecule has 0 bridgehead atoms. The maximum atomic E-state index is 11.7. The summed E-state index contributed by atoms with van der Waals surface area (Å²) in [5.41, 5.74) is 2.19. The molecule has 0 heterocycles. The molecule has 52 heavy (non-hydrogen) atoms. The number of benzene rings is 2. The lowest BCUT2D eigenvalue weighted by Crippen LogP contribution is -2.46. The Bertz CT molecular complexity index is 1210. The first-order chi connectivity index (χ1) is 25.3. The van der Waals surface area contributed by atoms with Gasteiger partial charge in [0.1, 0.15) is 6.61 Å². The summed E-state index contributed by atoms with van der Waals surface area (Å²) in [6, 6.07) is 21.1. The molecular formula is C38H64N2O10Si2. The number of aliphatic hydroxyl groups excluding tert-OH is 1. The van der Waals surface area contributed by atoms with Gasteiger partial charge in [0.25, 0.3) is 0 Å². The van der Waals surface area contributed by atoms with Crippen molar-refractivity contribution in [3.8, 4) is 0 Å². The van der Waals surface area contributed by atoms with E-state index in [1.54, 1.807) is 6.08 Å². The van der Waals surface area contributed by atoms with Crippen LogP contribution in [0, 0.1) is 0 Å². The van der Waals surface area contributed by atoms with Crippen molar-refractivity contribution < 1.29 is 47.4 Å². The predicted molar refractivity (Wildman–Crippen MR) is 213 cm³/mol. The summed E-state index contributed by atoms with van der Waals surface area (Å²) in [6.45, 7) is 16.2. The van der Waals surface area contributed by atoms with Crippen molar-refractivity contribution >= 4 is 41.9 Å².